The molecule has 0 aliphatic heterocycles. The summed E-state index contributed by atoms with van der Waals surface area (Å²) in [5.74, 6) is 0.559. The van der Waals surface area contributed by atoms with Crippen molar-refractivity contribution >= 4 is 34.5 Å². The first-order chi connectivity index (χ1) is 15.5. The fourth-order valence-corrected chi connectivity index (χ4v) is 5.04. The minimum Gasteiger partial charge on any atom is -0.419 e. The largest absolute Gasteiger partial charge is 0.419 e. The van der Waals surface area contributed by atoms with Gasteiger partial charge in [-0.2, -0.15) is 0 Å². The van der Waals surface area contributed by atoms with Crippen LogP contribution >= 0.6 is 22.6 Å². The van der Waals surface area contributed by atoms with Gasteiger partial charge in [-0.3, -0.25) is 0 Å². The van der Waals surface area contributed by atoms with E-state index in [0.29, 0.717) is 29.5 Å². The van der Waals surface area contributed by atoms with E-state index in [-0.39, 0.29) is 11.5 Å². The van der Waals surface area contributed by atoms with Crippen molar-refractivity contribution in [3.63, 3.8) is 0 Å². The molecule has 2 unspecified atom stereocenters. The van der Waals surface area contributed by atoms with Gasteiger partial charge in [0, 0.05) is 10.1 Å². The molecule has 2 atom stereocenters. The second kappa shape index (κ2) is 8.67. The van der Waals surface area contributed by atoms with Crippen molar-refractivity contribution in [1.82, 2.24) is 0 Å². The van der Waals surface area contributed by atoms with E-state index in [9.17, 15) is 9.59 Å². The molecule has 3 aromatic rings. The average molecular weight is 539 g/mol. The molecular weight excluding hydrogens is 517 g/mol. The molecule has 5 rings (SSSR count). The number of ether oxygens (including phenoxy) is 2. The quantitative estimate of drug-likeness (QED) is 0.261. The Bertz CT molecular complexity index is 1190. The van der Waals surface area contributed by atoms with E-state index in [0.717, 1.165) is 28.4 Å². The number of carbonyl (C=O) groups excluding carboxylic acids is 2. The molecule has 1 saturated carbocycles. The summed E-state index contributed by atoms with van der Waals surface area (Å²) in [7, 11) is 0. The molecule has 2 N–H and O–H groups in total. The van der Waals surface area contributed by atoms with Crippen molar-refractivity contribution in [2.75, 3.05) is 0 Å². The Morgan fingerprint density at radius 1 is 0.812 bits per heavy atom. The van der Waals surface area contributed by atoms with Gasteiger partial charge >= 0.3 is 11.9 Å². The van der Waals surface area contributed by atoms with Crippen LogP contribution in [0.25, 0.3) is 0 Å². The molecule has 2 bridgehead atoms. The highest BCUT2D eigenvalue weighted by atomic mass is 127. The SMILES string of the molecule is NCc1ccc(C(=O)Oc2cc3c(cc2OC(=O)c2ccc(I)cc2)C2CCC3C2)cc1. The highest BCUT2D eigenvalue weighted by molar-refractivity contribution is 14.1. The number of benzene rings is 3. The van der Waals surface area contributed by atoms with E-state index < -0.39 is 11.9 Å². The minimum atomic E-state index is -0.497. The van der Waals surface area contributed by atoms with Crippen LogP contribution < -0.4 is 15.2 Å². The van der Waals surface area contributed by atoms with Gasteiger partial charge in [0.2, 0.25) is 0 Å². The van der Waals surface area contributed by atoms with Crippen LogP contribution in [-0.4, -0.2) is 11.9 Å². The van der Waals surface area contributed by atoms with Gasteiger partial charge < -0.3 is 15.2 Å². The van der Waals surface area contributed by atoms with Gasteiger partial charge in [-0.1, -0.05) is 12.1 Å². The zero-order valence-electron chi connectivity index (χ0n) is 17.3. The van der Waals surface area contributed by atoms with Gasteiger partial charge in [-0.25, -0.2) is 9.59 Å². The molecule has 0 radical (unpaired) electrons. The van der Waals surface area contributed by atoms with Crippen LogP contribution in [0.2, 0.25) is 0 Å². The molecule has 162 valence electrons. The molecule has 5 nitrogen and oxygen atoms in total. The Morgan fingerprint density at radius 3 is 1.75 bits per heavy atom. The highest BCUT2D eigenvalue weighted by Crippen LogP contribution is 2.55. The predicted octanol–water partition coefficient (Wildman–Crippen LogP) is 5.55. The Labute approximate surface area is 200 Å². The second-order valence-electron chi connectivity index (χ2n) is 8.32. The van der Waals surface area contributed by atoms with E-state index >= 15 is 0 Å². The van der Waals surface area contributed by atoms with Crippen molar-refractivity contribution in [2.45, 2.75) is 37.6 Å². The van der Waals surface area contributed by atoms with E-state index in [1.54, 1.807) is 36.4 Å². The second-order valence-corrected chi connectivity index (χ2v) is 9.57. The van der Waals surface area contributed by atoms with Crippen molar-refractivity contribution in [2.24, 2.45) is 5.73 Å². The molecule has 0 aromatic heterocycles. The number of halogens is 1. The van der Waals surface area contributed by atoms with Crippen LogP contribution in [-0.2, 0) is 6.54 Å². The summed E-state index contributed by atoms with van der Waals surface area (Å²) in [5, 5.41) is 0. The van der Waals surface area contributed by atoms with Gasteiger partial charge in [0.05, 0.1) is 11.1 Å². The zero-order chi connectivity index (χ0) is 22.2. The summed E-state index contributed by atoms with van der Waals surface area (Å²) >= 11 is 2.19. The van der Waals surface area contributed by atoms with Crippen LogP contribution in [0.3, 0.4) is 0 Å². The Morgan fingerprint density at radius 2 is 1.28 bits per heavy atom. The summed E-state index contributed by atoms with van der Waals surface area (Å²) in [6, 6.07) is 17.9. The van der Waals surface area contributed by atoms with Gasteiger partial charge in [0.1, 0.15) is 0 Å². The smallest absolute Gasteiger partial charge is 0.343 e. The summed E-state index contributed by atoms with van der Waals surface area (Å²) in [6.07, 6.45) is 3.40. The number of fused-ring (bicyclic) bond motifs is 5. The molecule has 0 saturated heterocycles. The molecule has 6 heteroatoms. The van der Waals surface area contributed by atoms with Crippen LogP contribution in [0.15, 0.2) is 60.7 Å². The number of nitrogens with two attached hydrogens (primary N) is 1. The molecule has 0 spiro atoms. The van der Waals surface area contributed by atoms with Crippen molar-refractivity contribution in [3.05, 3.63) is 92.1 Å². The Hall–Kier alpha value is -2.71. The van der Waals surface area contributed by atoms with E-state index in [2.05, 4.69) is 22.6 Å². The monoisotopic (exact) mass is 539 g/mol. The molecule has 1 fully saturated rings. The lowest BCUT2D eigenvalue weighted by atomic mass is 9.91. The Kier molecular flexibility index (Phi) is 5.73. The molecule has 3 aromatic carbocycles. The number of hydrogen-bond donors (Lipinski definition) is 1. The van der Waals surface area contributed by atoms with Gasteiger partial charge in [0.15, 0.2) is 11.5 Å². The molecule has 2 aliphatic rings. The highest BCUT2D eigenvalue weighted by Gasteiger charge is 2.38. The molecule has 32 heavy (non-hydrogen) atoms. The number of esters is 2. The van der Waals surface area contributed by atoms with Crippen molar-refractivity contribution in [1.29, 1.82) is 0 Å². The summed E-state index contributed by atoms with van der Waals surface area (Å²) in [6.45, 7) is 0.404. The van der Waals surface area contributed by atoms with Crippen LogP contribution in [0.4, 0.5) is 0 Å². The predicted molar refractivity (Wildman–Crippen MR) is 129 cm³/mol. The molecule has 0 amide bonds. The third-order valence-corrected chi connectivity index (χ3v) is 7.09. The first-order valence-electron chi connectivity index (χ1n) is 10.7. The average Bonchev–Trinajstić information content (AvgIpc) is 3.42. The lowest BCUT2D eigenvalue weighted by Gasteiger charge is -2.19. The topological polar surface area (TPSA) is 78.6 Å². The third-order valence-electron chi connectivity index (χ3n) is 6.37. The zero-order valence-corrected chi connectivity index (χ0v) is 19.5. The van der Waals surface area contributed by atoms with E-state index in [4.69, 9.17) is 15.2 Å². The van der Waals surface area contributed by atoms with E-state index in [1.165, 1.54) is 11.1 Å². The standard InChI is InChI=1S/C26H22INO4/c27-20-9-7-17(8-10-20)26(30)32-24-13-22-19-6-5-18(11-19)21(22)12-23(24)31-25(29)16-3-1-15(14-28)2-4-16/h1-4,7-10,12-13,18-19H,5-6,11,14,28H2. The maximum absolute atomic E-state index is 12.8. The summed E-state index contributed by atoms with van der Waals surface area (Å²) in [4.78, 5) is 25.6. The Balaban J connectivity index is 1.46. The van der Waals surface area contributed by atoms with Crippen LogP contribution in [0, 0.1) is 3.57 Å². The lowest BCUT2D eigenvalue weighted by Crippen LogP contribution is -2.14. The first-order valence-corrected chi connectivity index (χ1v) is 11.8. The van der Waals surface area contributed by atoms with Crippen LogP contribution in [0.1, 0.15) is 68.5 Å². The number of rotatable bonds is 5. The summed E-state index contributed by atoms with van der Waals surface area (Å²) in [5.41, 5.74) is 9.85. The summed E-state index contributed by atoms with van der Waals surface area (Å²) < 4.78 is 12.5. The van der Waals surface area contributed by atoms with Gasteiger partial charge in [-0.15, -0.1) is 0 Å². The first kappa shape index (κ1) is 21.2. The van der Waals surface area contributed by atoms with Crippen molar-refractivity contribution in [3.8, 4) is 11.5 Å². The number of carbonyl (C=O) groups is 2. The maximum atomic E-state index is 12.8. The normalized spacial score (nSPS) is 18.3. The minimum absolute atomic E-state index is 0.281. The lowest BCUT2D eigenvalue weighted by molar-refractivity contribution is 0.0682. The van der Waals surface area contributed by atoms with E-state index in [1.807, 2.05) is 24.3 Å². The molecular formula is C26H22INO4. The van der Waals surface area contributed by atoms with Crippen LogP contribution in [0.5, 0.6) is 11.5 Å². The molecule has 2 aliphatic carbocycles. The third kappa shape index (κ3) is 4.04. The maximum Gasteiger partial charge on any atom is 0.343 e. The van der Waals surface area contributed by atoms with Gasteiger partial charge in [-0.05, 0) is 119 Å². The van der Waals surface area contributed by atoms with Gasteiger partial charge in [0.25, 0.3) is 0 Å². The number of hydrogen-bond acceptors (Lipinski definition) is 5. The fraction of sp³-hybridized carbons (Fsp3) is 0.231. The fourth-order valence-electron chi connectivity index (χ4n) is 4.68. The van der Waals surface area contributed by atoms with Crippen molar-refractivity contribution < 1.29 is 19.1 Å². The molecule has 0 heterocycles.